The Labute approximate surface area is 130 Å². The monoisotopic (exact) mass is 301 g/mol. The third kappa shape index (κ3) is 3.19. The quantitative estimate of drug-likeness (QED) is 0.919. The van der Waals surface area contributed by atoms with Crippen molar-refractivity contribution in [1.29, 1.82) is 0 Å². The van der Waals surface area contributed by atoms with Crippen LogP contribution in [0.1, 0.15) is 51.6 Å². The summed E-state index contributed by atoms with van der Waals surface area (Å²) in [5.41, 5.74) is 1.99. The average Bonchev–Trinajstić information content (AvgIpc) is 2.43. The molecule has 1 aliphatic rings. The van der Waals surface area contributed by atoms with Crippen molar-refractivity contribution in [3.8, 4) is 5.75 Å². The van der Waals surface area contributed by atoms with Crippen LogP contribution in [0.5, 0.6) is 5.75 Å². The SMILES string of the molecule is CC(C)CCOc1cnc2c(c1)ncnc2[C@H]1C[C@@](C)(O)C1. The molecule has 0 bridgehead atoms. The summed E-state index contributed by atoms with van der Waals surface area (Å²) in [6.45, 7) is 6.90. The van der Waals surface area contributed by atoms with Crippen LogP contribution in [0.15, 0.2) is 18.6 Å². The number of hydrogen-bond donors (Lipinski definition) is 1. The first-order valence-corrected chi connectivity index (χ1v) is 7.90. The highest BCUT2D eigenvalue weighted by Gasteiger charge is 2.40. The van der Waals surface area contributed by atoms with E-state index in [0.29, 0.717) is 12.5 Å². The van der Waals surface area contributed by atoms with Gasteiger partial charge in [-0.1, -0.05) is 13.8 Å². The maximum absolute atomic E-state index is 9.92. The molecule has 0 aliphatic heterocycles. The zero-order valence-electron chi connectivity index (χ0n) is 13.4. The number of pyridine rings is 1. The fourth-order valence-corrected chi connectivity index (χ4v) is 2.93. The van der Waals surface area contributed by atoms with Crippen LogP contribution in [0.4, 0.5) is 0 Å². The highest BCUT2D eigenvalue weighted by Crippen LogP contribution is 2.44. The maximum atomic E-state index is 9.92. The fourth-order valence-electron chi connectivity index (χ4n) is 2.93. The summed E-state index contributed by atoms with van der Waals surface area (Å²) in [6, 6.07) is 1.92. The van der Waals surface area contributed by atoms with E-state index in [1.165, 1.54) is 0 Å². The summed E-state index contributed by atoms with van der Waals surface area (Å²) in [5, 5.41) is 9.92. The Morgan fingerprint density at radius 3 is 2.77 bits per heavy atom. The zero-order valence-corrected chi connectivity index (χ0v) is 13.4. The van der Waals surface area contributed by atoms with Gasteiger partial charge in [-0.2, -0.15) is 0 Å². The van der Waals surface area contributed by atoms with E-state index in [-0.39, 0.29) is 5.92 Å². The number of ether oxygens (including phenoxy) is 1. The number of fused-ring (bicyclic) bond motifs is 1. The molecule has 1 aliphatic carbocycles. The van der Waals surface area contributed by atoms with Gasteiger partial charge in [0.2, 0.25) is 0 Å². The van der Waals surface area contributed by atoms with Gasteiger partial charge in [0, 0.05) is 12.0 Å². The van der Waals surface area contributed by atoms with Crippen molar-refractivity contribution in [2.24, 2.45) is 5.92 Å². The van der Waals surface area contributed by atoms with Crippen LogP contribution in [0.25, 0.3) is 11.0 Å². The predicted molar refractivity (Wildman–Crippen MR) is 84.9 cm³/mol. The van der Waals surface area contributed by atoms with Gasteiger partial charge in [0.15, 0.2) is 0 Å². The predicted octanol–water partition coefficient (Wildman–Crippen LogP) is 3.08. The molecule has 22 heavy (non-hydrogen) atoms. The average molecular weight is 301 g/mol. The van der Waals surface area contributed by atoms with Crippen LogP contribution in [0.2, 0.25) is 0 Å². The van der Waals surface area contributed by atoms with E-state index in [1.807, 2.05) is 13.0 Å². The van der Waals surface area contributed by atoms with Crippen LogP contribution in [-0.2, 0) is 0 Å². The van der Waals surface area contributed by atoms with Gasteiger partial charge in [-0.05, 0) is 32.1 Å². The second kappa shape index (κ2) is 5.80. The lowest BCUT2D eigenvalue weighted by atomic mass is 9.70. The Hall–Kier alpha value is -1.75. The molecular formula is C17H23N3O2. The molecule has 2 aromatic heterocycles. The topological polar surface area (TPSA) is 68.1 Å². The van der Waals surface area contributed by atoms with Gasteiger partial charge >= 0.3 is 0 Å². The molecule has 0 saturated heterocycles. The molecule has 2 aromatic rings. The summed E-state index contributed by atoms with van der Waals surface area (Å²) in [4.78, 5) is 13.2. The first kappa shape index (κ1) is 15.2. The Balaban J connectivity index is 1.79. The highest BCUT2D eigenvalue weighted by molar-refractivity contribution is 5.78. The third-order valence-electron chi connectivity index (χ3n) is 4.20. The van der Waals surface area contributed by atoms with E-state index >= 15 is 0 Å². The second-order valence-corrected chi connectivity index (χ2v) is 6.93. The lowest BCUT2D eigenvalue weighted by Gasteiger charge is -2.40. The minimum absolute atomic E-state index is 0.265. The molecule has 1 fully saturated rings. The molecule has 0 spiro atoms. The molecule has 1 saturated carbocycles. The molecule has 1 N–H and O–H groups in total. The van der Waals surface area contributed by atoms with E-state index in [1.54, 1.807) is 12.5 Å². The van der Waals surface area contributed by atoms with Gasteiger partial charge < -0.3 is 9.84 Å². The molecule has 0 aromatic carbocycles. The molecule has 118 valence electrons. The maximum Gasteiger partial charge on any atom is 0.139 e. The van der Waals surface area contributed by atoms with Gasteiger partial charge in [0.05, 0.1) is 29.6 Å². The van der Waals surface area contributed by atoms with E-state index in [2.05, 4.69) is 28.8 Å². The summed E-state index contributed by atoms with van der Waals surface area (Å²) >= 11 is 0. The largest absolute Gasteiger partial charge is 0.492 e. The smallest absolute Gasteiger partial charge is 0.139 e. The zero-order chi connectivity index (χ0) is 15.7. The van der Waals surface area contributed by atoms with Crippen molar-refractivity contribution in [3.05, 3.63) is 24.3 Å². The number of aliphatic hydroxyl groups is 1. The second-order valence-electron chi connectivity index (χ2n) is 6.93. The Kier molecular flexibility index (Phi) is 4.00. The molecule has 2 heterocycles. The minimum atomic E-state index is -0.568. The van der Waals surface area contributed by atoms with Crippen LogP contribution >= 0.6 is 0 Å². The van der Waals surface area contributed by atoms with E-state index < -0.39 is 5.60 Å². The van der Waals surface area contributed by atoms with Crippen molar-refractivity contribution >= 4 is 11.0 Å². The summed E-state index contributed by atoms with van der Waals surface area (Å²) in [6.07, 6.45) is 5.79. The van der Waals surface area contributed by atoms with E-state index in [0.717, 1.165) is 41.7 Å². The molecular weight excluding hydrogens is 278 g/mol. The van der Waals surface area contributed by atoms with Gasteiger partial charge in [0.1, 0.15) is 17.6 Å². The van der Waals surface area contributed by atoms with E-state index in [9.17, 15) is 5.11 Å². The summed E-state index contributed by atoms with van der Waals surface area (Å²) in [7, 11) is 0. The van der Waals surface area contributed by atoms with Crippen LogP contribution < -0.4 is 4.74 Å². The highest BCUT2D eigenvalue weighted by atomic mass is 16.5. The first-order chi connectivity index (χ1) is 10.4. The number of aromatic nitrogens is 3. The normalized spacial score (nSPS) is 24.5. The lowest BCUT2D eigenvalue weighted by molar-refractivity contribution is -0.0320. The Morgan fingerprint density at radius 2 is 2.09 bits per heavy atom. The standard InChI is InChI=1S/C17H23N3O2/c1-11(2)4-5-22-13-6-14-16(18-9-13)15(20-10-19-14)12-7-17(3,21)8-12/h6,9-12,21H,4-5,7-8H2,1-3H3/t12-,17+. The molecule has 0 unspecified atom stereocenters. The van der Waals surface area contributed by atoms with Gasteiger partial charge in [-0.3, -0.25) is 0 Å². The van der Waals surface area contributed by atoms with Crippen molar-refractivity contribution in [1.82, 2.24) is 15.0 Å². The Bertz CT molecular complexity index is 662. The molecule has 5 heteroatoms. The van der Waals surface area contributed by atoms with Crippen molar-refractivity contribution in [3.63, 3.8) is 0 Å². The lowest BCUT2D eigenvalue weighted by Crippen LogP contribution is -2.39. The number of nitrogens with zero attached hydrogens (tertiary/aromatic N) is 3. The van der Waals surface area contributed by atoms with Gasteiger partial charge in [-0.25, -0.2) is 15.0 Å². The van der Waals surface area contributed by atoms with Crippen molar-refractivity contribution in [2.75, 3.05) is 6.61 Å². The van der Waals surface area contributed by atoms with Crippen LogP contribution in [0.3, 0.4) is 0 Å². The number of rotatable bonds is 5. The molecule has 0 amide bonds. The molecule has 0 radical (unpaired) electrons. The summed E-state index contributed by atoms with van der Waals surface area (Å²) in [5.74, 6) is 1.63. The fraction of sp³-hybridized carbons (Fsp3) is 0.588. The van der Waals surface area contributed by atoms with E-state index in [4.69, 9.17) is 4.74 Å². The molecule has 0 atom stereocenters. The van der Waals surface area contributed by atoms with Crippen molar-refractivity contribution < 1.29 is 9.84 Å². The summed E-state index contributed by atoms with van der Waals surface area (Å²) < 4.78 is 5.74. The van der Waals surface area contributed by atoms with Gasteiger partial charge in [-0.15, -0.1) is 0 Å². The van der Waals surface area contributed by atoms with Gasteiger partial charge in [0.25, 0.3) is 0 Å². The van der Waals surface area contributed by atoms with Crippen LogP contribution in [0, 0.1) is 5.92 Å². The Morgan fingerprint density at radius 1 is 1.32 bits per heavy atom. The van der Waals surface area contributed by atoms with Crippen LogP contribution in [-0.4, -0.2) is 32.3 Å². The minimum Gasteiger partial charge on any atom is -0.492 e. The molecule has 3 rings (SSSR count). The third-order valence-corrected chi connectivity index (χ3v) is 4.20. The molecule has 5 nitrogen and oxygen atoms in total. The van der Waals surface area contributed by atoms with Crippen molar-refractivity contribution in [2.45, 2.75) is 51.6 Å². The number of hydrogen-bond acceptors (Lipinski definition) is 5. The first-order valence-electron chi connectivity index (χ1n) is 7.90.